The highest BCUT2D eigenvalue weighted by atomic mass is 16.3. The van der Waals surface area contributed by atoms with Crippen molar-refractivity contribution in [3.05, 3.63) is 34.9 Å². The molecule has 1 aromatic rings. The predicted molar refractivity (Wildman–Crippen MR) is 59.4 cm³/mol. The van der Waals surface area contributed by atoms with Crippen LogP contribution in [0.2, 0.25) is 0 Å². The molecule has 0 heterocycles. The highest BCUT2D eigenvalue weighted by Crippen LogP contribution is 2.22. The van der Waals surface area contributed by atoms with Crippen molar-refractivity contribution in [3.8, 4) is 0 Å². The third kappa shape index (κ3) is 2.34. The molecule has 1 rings (SSSR count). The van der Waals surface area contributed by atoms with Gasteiger partial charge in [-0.15, -0.1) is 0 Å². The molecule has 1 aromatic carbocycles. The monoisotopic (exact) mass is 193 g/mol. The van der Waals surface area contributed by atoms with Crippen LogP contribution in [-0.2, 0) is 0 Å². The Bertz CT molecular complexity index is 307. The molecule has 0 fully saturated rings. The van der Waals surface area contributed by atoms with E-state index in [0.29, 0.717) is 0 Å². The molecule has 1 N–H and O–H groups in total. The fraction of sp³-hybridized carbons (Fsp3) is 0.500. The van der Waals surface area contributed by atoms with Gasteiger partial charge in [0, 0.05) is 0 Å². The van der Waals surface area contributed by atoms with Gasteiger partial charge in [0.2, 0.25) is 0 Å². The Morgan fingerprint density at radius 1 is 1.29 bits per heavy atom. The van der Waals surface area contributed by atoms with Crippen molar-refractivity contribution >= 4 is 0 Å². The second-order valence-electron chi connectivity index (χ2n) is 4.02. The minimum atomic E-state index is 0.107. The van der Waals surface area contributed by atoms with Crippen LogP contribution in [0.25, 0.3) is 0 Å². The fourth-order valence-corrected chi connectivity index (χ4v) is 1.74. The molecule has 0 amide bonds. The molecule has 0 aliphatic carbocycles. The number of benzene rings is 1. The van der Waals surface area contributed by atoms with Crippen molar-refractivity contribution in [1.29, 1.82) is 0 Å². The lowest BCUT2D eigenvalue weighted by Gasteiger charge is -2.24. The summed E-state index contributed by atoms with van der Waals surface area (Å²) in [5, 5.41) is 9.30. The summed E-state index contributed by atoms with van der Waals surface area (Å²) in [6.45, 7) is 4.34. The van der Waals surface area contributed by atoms with Crippen molar-refractivity contribution in [2.24, 2.45) is 0 Å². The molecule has 0 spiro atoms. The van der Waals surface area contributed by atoms with E-state index in [1.165, 1.54) is 16.7 Å². The minimum absolute atomic E-state index is 0.107. The maximum atomic E-state index is 9.30. The number of aliphatic hydroxyl groups is 1. The number of hydrogen-bond acceptors (Lipinski definition) is 2. The first-order valence-electron chi connectivity index (χ1n) is 4.90. The second kappa shape index (κ2) is 4.58. The van der Waals surface area contributed by atoms with E-state index in [0.717, 1.165) is 0 Å². The molecule has 2 nitrogen and oxygen atoms in total. The zero-order chi connectivity index (χ0) is 10.7. The summed E-state index contributed by atoms with van der Waals surface area (Å²) in [5.74, 6) is 0. The van der Waals surface area contributed by atoms with Crippen LogP contribution in [-0.4, -0.2) is 30.7 Å². The van der Waals surface area contributed by atoms with Gasteiger partial charge in [-0.25, -0.2) is 0 Å². The van der Waals surface area contributed by atoms with E-state index < -0.39 is 0 Å². The fourth-order valence-electron chi connectivity index (χ4n) is 1.74. The molecule has 0 aliphatic heterocycles. The van der Waals surface area contributed by atoms with Crippen LogP contribution in [0.4, 0.5) is 0 Å². The first kappa shape index (κ1) is 11.2. The van der Waals surface area contributed by atoms with E-state index in [1.54, 1.807) is 0 Å². The number of rotatable bonds is 3. The molecular formula is C12H19NO. The third-order valence-electron chi connectivity index (χ3n) is 2.58. The lowest BCUT2D eigenvalue weighted by Crippen LogP contribution is -2.23. The first-order chi connectivity index (χ1) is 6.56. The van der Waals surface area contributed by atoms with Crippen LogP contribution in [0.15, 0.2) is 18.2 Å². The van der Waals surface area contributed by atoms with E-state index in [-0.39, 0.29) is 12.6 Å². The van der Waals surface area contributed by atoms with Gasteiger partial charge >= 0.3 is 0 Å². The van der Waals surface area contributed by atoms with Crippen LogP contribution in [0.5, 0.6) is 0 Å². The smallest absolute Gasteiger partial charge is 0.0628 e. The Hall–Kier alpha value is -0.860. The van der Waals surface area contributed by atoms with Crippen LogP contribution in [0.3, 0.4) is 0 Å². The third-order valence-corrected chi connectivity index (χ3v) is 2.58. The molecule has 0 aromatic heterocycles. The van der Waals surface area contributed by atoms with Crippen molar-refractivity contribution in [1.82, 2.24) is 4.90 Å². The number of likely N-dealkylation sites (N-methyl/N-ethyl adjacent to an activating group) is 1. The molecule has 0 aliphatic rings. The van der Waals surface area contributed by atoms with E-state index in [1.807, 2.05) is 19.0 Å². The average Bonchev–Trinajstić information content (AvgIpc) is 2.09. The molecule has 2 heteroatoms. The molecule has 1 unspecified atom stereocenters. The van der Waals surface area contributed by atoms with Crippen molar-refractivity contribution in [3.63, 3.8) is 0 Å². The van der Waals surface area contributed by atoms with Gasteiger partial charge in [-0.2, -0.15) is 0 Å². The first-order valence-corrected chi connectivity index (χ1v) is 4.90. The number of aliphatic hydroxyl groups excluding tert-OH is 1. The highest BCUT2D eigenvalue weighted by Gasteiger charge is 2.14. The van der Waals surface area contributed by atoms with Crippen molar-refractivity contribution in [2.45, 2.75) is 19.9 Å². The molecule has 0 saturated carbocycles. The summed E-state index contributed by atoms with van der Waals surface area (Å²) in [6.07, 6.45) is 0. The van der Waals surface area contributed by atoms with Crippen LogP contribution in [0.1, 0.15) is 22.7 Å². The van der Waals surface area contributed by atoms with Gasteiger partial charge in [0.05, 0.1) is 12.6 Å². The summed E-state index contributed by atoms with van der Waals surface area (Å²) in [6, 6.07) is 6.46. The maximum absolute atomic E-state index is 9.30. The molecule has 1 atom stereocenters. The standard InChI is InChI=1S/C12H19NO/c1-9-5-6-11(10(2)7-9)12(8-14)13(3)4/h5-7,12,14H,8H2,1-4H3. The van der Waals surface area contributed by atoms with Gasteiger partial charge in [0.1, 0.15) is 0 Å². The Kier molecular flexibility index (Phi) is 3.67. The van der Waals surface area contributed by atoms with Gasteiger partial charge in [-0.05, 0) is 39.1 Å². The predicted octanol–water partition coefficient (Wildman–Crippen LogP) is 1.90. The average molecular weight is 193 g/mol. The zero-order valence-corrected chi connectivity index (χ0v) is 9.41. The van der Waals surface area contributed by atoms with Gasteiger partial charge in [-0.3, -0.25) is 0 Å². The van der Waals surface area contributed by atoms with E-state index in [2.05, 4.69) is 32.0 Å². The normalized spacial score (nSPS) is 13.3. The van der Waals surface area contributed by atoms with Crippen LogP contribution >= 0.6 is 0 Å². The van der Waals surface area contributed by atoms with Gasteiger partial charge in [-0.1, -0.05) is 23.8 Å². The van der Waals surface area contributed by atoms with E-state index in [4.69, 9.17) is 0 Å². The molecule has 14 heavy (non-hydrogen) atoms. The van der Waals surface area contributed by atoms with E-state index in [9.17, 15) is 5.11 Å². The van der Waals surface area contributed by atoms with Gasteiger partial charge in [0.15, 0.2) is 0 Å². The minimum Gasteiger partial charge on any atom is -0.394 e. The molecular weight excluding hydrogens is 174 g/mol. The SMILES string of the molecule is Cc1ccc(C(CO)N(C)C)c(C)c1. The second-order valence-corrected chi connectivity index (χ2v) is 4.02. The quantitative estimate of drug-likeness (QED) is 0.792. The summed E-state index contributed by atoms with van der Waals surface area (Å²) in [5.41, 5.74) is 3.72. The van der Waals surface area contributed by atoms with Crippen LogP contribution in [0, 0.1) is 13.8 Å². The molecule has 78 valence electrons. The molecule has 0 radical (unpaired) electrons. The topological polar surface area (TPSA) is 23.5 Å². The Balaban J connectivity index is 3.04. The maximum Gasteiger partial charge on any atom is 0.0628 e. The number of aryl methyl sites for hydroxylation is 2. The number of hydrogen-bond donors (Lipinski definition) is 1. The summed E-state index contributed by atoms with van der Waals surface area (Å²) >= 11 is 0. The highest BCUT2D eigenvalue weighted by molar-refractivity contribution is 5.32. The lowest BCUT2D eigenvalue weighted by atomic mass is 9.99. The Morgan fingerprint density at radius 3 is 2.36 bits per heavy atom. The molecule has 0 saturated heterocycles. The van der Waals surface area contributed by atoms with Gasteiger partial charge in [0.25, 0.3) is 0 Å². The van der Waals surface area contributed by atoms with Crippen molar-refractivity contribution in [2.75, 3.05) is 20.7 Å². The van der Waals surface area contributed by atoms with Crippen LogP contribution < -0.4 is 0 Å². The zero-order valence-electron chi connectivity index (χ0n) is 9.41. The van der Waals surface area contributed by atoms with Crippen molar-refractivity contribution < 1.29 is 5.11 Å². The largest absolute Gasteiger partial charge is 0.394 e. The van der Waals surface area contributed by atoms with E-state index >= 15 is 0 Å². The summed E-state index contributed by atoms with van der Waals surface area (Å²) < 4.78 is 0. The summed E-state index contributed by atoms with van der Waals surface area (Å²) in [7, 11) is 3.97. The number of nitrogens with zero attached hydrogens (tertiary/aromatic N) is 1. The Morgan fingerprint density at radius 2 is 1.93 bits per heavy atom. The van der Waals surface area contributed by atoms with Gasteiger partial charge < -0.3 is 10.0 Å². The lowest BCUT2D eigenvalue weighted by molar-refractivity contribution is 0.170. The Labute approximate surface area is 86.2 Å². The molecule has 0 bridgehead atoms. The summed E-state index contributed by atoms with van der Waals surface area (Å²) in [4.78, 5) is 2.04.